The van der Waals surface area contributed by atoms with Crippen LogP contribution in [-0.4, -0.2) is 29.0 Å². The summed E-state index contributed by atoms with van der Waals surface area (Å²) in [5.74, 6) is -0.0948. The van der Waals surface area contributed by atoms with Crippen LogP contribution in [-0.2, 0) is 11.2 Å². The van der Waals surface area contributed by atoms with Gasteiger partial charge in [0.25, 0.3) is 5.91 Å². The number of hydrogen-bond acceptors (Lipinski definition) is 5. The quantitative estimate of drug-likeness (QED) is 0.697. The predicted molar refractivity (Wildman–Crippen MR) is 96.5 cm³/mol. The Morgan fingerprint density at radius 1 is 1.07 bits per heavy atom. The molecule has 0 saturated carbocycles. The Bertz CT molecular complexity index is 936. The second-order valence-electron chi connectivity index (χ2n) is 5.72. The van der Waals surface area contributed by atoms with Crippen LogP contribution in [0.5, 0.6) is 0 Å². The summed E-state index contributed by atoms with van der Waals surface area (Å²) in [6.45, 7) is 0. The maximum Gasteiger partial charge on any atom is 0.251 e. The Labute approximate surface area is 154 Å². The van der Waals surface area contributed by atoms with Gasteiger partial charge in [0.1, 0.15) is 5.82 Å². The number of anilines is 1. The van der Waals surface area contributed by atoms with Gasteiger partial charge in [0.15, 0.2) is 0 Å². The monoisotopic (exact) mass is 368 g/mol. The summed E-state index contributed by atoms with van der Waals surface area (Å²) in [6.07, 6.45) is 0.429. The largest absolute Gasteiger partial charge is 0.355 e. The normalized spacial score (nSPS) is 10.4. The molecule has 3 rings (SSSR count). The van der Waals surface area contributed by atoms with Crippen LogP contribution < -0.4 is 10.6 Å². The minimum Gasteiger partial charge on any atom is -0.355 e. The van der Waals surface area contributed by atoms with Gasteiger partial charge in [0.05, 0.1) is 0 Å². The van der Waals surface area contributed by atoms with Gasteiger partial charge in [-0.2, -0.15) is 4.98 Å². The number of carbonyl (C=O) groups is 2. The lowest BCUT2D eigenvalue weighted by molar-refractivity contribution is -0.116. The molecule has 0 saturated heterocycles. The third-order valence-corrected chi connectivity index (χ3v) is 3.79. The molecule has 2 aromatic carbocycles. The van der Waals surface area contributed by atoms with Crippen LogP contribution in [0.15, 0.2) is 53.1 Å². The van der Waals surface area contributed by atoms with Gasteiger partial charge in [-0.25, -0.2) is 4.39 Å². The molecule has 0 aliphatic carbocycles. The van der Waals surface area contributed by atoms with Crippen LogP contribution in [0.1, 0.15) is 22.7 Å². The van der Waals surface area contributed by atoms with Crippen LogP contribution in [0.4, 0.5) is 10.1 Å². The Morgan fingerprint density at radius 3 is 2.44 bits per heavy atom. The first-order valence-electron chi connectivity index (χ1n) is 8.25. The summed E-state index contributed by atoms with van der Waals surface area (Å²) in [5.41, 5.74) is 1.73. The average Bonchev–Trinajstić information content (AvgIpc) is 3.16. The highest BCUT2D eigenvalue weighted by Gasteiger charge is 2.11. The molecule has 3 aromatic rings. The van der Waals surface area contributed by atoms with Gasteiger partial charge in [-0.05, 0) is 48.5 Å². The topological polar surface area (TPSA) is 97.1 Å². The van der Waals surface area contributed by atoms with E-state index in [4.69, 9.17) is 4.52 Å². The number of nitrogens with one attached hydrogen (secondary N) is 2. The Balaban J connectivity index is 1.53. The lowest BCUT2D eigenvalue weighted by atomic mass is 10.2. The van der Waals surface area contributed by atoms with E-state index in [0.717, 1.165) is 0 Å². The molecule has 0 aliphatic heterocycles. The third kappa shape index (κ3) is 4.75. The van der Waals surface area contributed by atoms with Gasteiger partial charge in [0.2, 0.25) is 17.6 Å². The molecule has 0 radical (unpaired) electrons. The molecule has 2 amide bonds. The van der Waals surface area contributed by atoms with E-state index in [1.165, 1.54) is 12.1 Å². The van der Waals surface area contributed by atoms with Crippen LogP contribution in [0.2, 0.25) is 0 Å². The van der Waals surface area contributed by atoms with Crippen molar-refractivity contribution in [2.24, 2.45) is 0 Å². The van der Waals surface area contributed by atoms with E-state index in [0.29, 0.717) is 28.5 Å². The van der Waals surface area contributed by atoms with E-state index in [1.54, 1.807) is 43.4 Å². The smallest absolute Gasteiger partial charge is 0.251 e. The summed E-state index contributed by atoms with van der Waals surface area (Å²) < 4.78 is 18.1. The van der Waals surface area contributed by atoms with E-state index in [1.807, 2.05) is 0 Å². The lowest BCUT2D eigenvalue weighted by Gasteiger charge is -2.05. The predicted octanol–water partition coefficient (Wildman–Crippen LogP) is 2.81. The van der Waals surface area contributed by atoms with Crippen molar-refractivity contribution in [3.8, 4) is 11.4 Å². The first-order chi connectivity index (χ1) is 13.0. The maximum atomic E-state index is 12.9. The summed E-state index contributed by atoms with van der Waals surface area (Å²) in [7, 11) is 1.55. The van der Waals surface area contributed by atoms with Crippen molar-refractivity contribution in [3.63, 3.8) is 0 Å². The summed E-state index contributed by atoms with van der Waals surface area (Å²) in [5, 5.41) is 9.10. The minimum absolute atomic E-state index is 0.155. The van der Waals surface area contributed by atoms with Crippen molar-refractivity contribution in [2.75, 3.05) is 12.4 Å². The van der Waals surface area contributed by atoms with Gasteiger partial charge >= 0.3 is 0 Å². The van der Waals surface area contributed by atoms with Crippen molar-refractivity contribution in [1.29, 1.82) is 0 Å². The SMILES string of the molecule is CNC(=O)c1ccc(NC(=O)CCc2nc(-c3ccc(F)cc3)no2)cc1. The van der Waals surface area contributed by atoms with Crippen molar-refractivity contribution >= 4 is 17.5 Å². The van der Waals surface area contributed by atoms with Crippen LogP contribution >= 0.6 is 0 Å². The van der Waals surface area contributed by atoms with Gasteiger partial charge in [-0.15, -0.1) is 0 Å². The molecule has 0 aliphatic rings. The Morgan fingerprint density at radius 2 is 1.78 bits per heavy atom. The lowest BCUT2D eigenvalue weighted by Crippen LogP contribution is -2.18. The fourth-order valence-corrected chi connectivity index (χ4v) is 2.37. The molecular formula is C19H17FN4O3. The zero-order valence-corrected chi connectivity index (χ0v) is 14.5. The number of halogens is 1. The average molecular weight is 368 g/mol. The standard InChI is InChI=1S/C19H17FN4O3/c1-21-19(26)13-4-8-15(9-5-13)22-16(25)10-11-17-23-18(24-27-17)12-2-6-14(20)7-3-12/h2-9H,10-11H2,1H3,(H,21,26)(H,22,25). The number of hydrogen-bond donors (Lipinski definition) is 2. The number of aromatic nitrogens is 2. The molecule has 0 bridgehead atoms. The van der Waals surface area contributed by atoms with E-state index < -0.39 is 0 Å². The molecule has 2 N–H and O–H groups in total. The fourth-order valence-electron chi connectivity index (χ4n) is 2.37. The van der Waals surface area contributed by atoms with Gasteiger partial charge in [-0.1, -0.05) is 5.16 Å². The van der Waals surface area contributed by atoms with Gasteiger partial charge in [0, 0.05) is 36.7 Å². The number of amides is 2. The molecule has 138 valence electrons. The molecule has 0 fully saturated rings. The maximum absolute atomic E-state index is 12.9. The van der Waals surface area contributed by atoms with Crippen LogP contribution in [0, 0.1) is 5.82 Å². The highest BCUT2D eigenvalue weighted by Crippen LogP contribution is 2.17. The molecule has 0 spiro atoms. The van der Waals surface area contributed by atoms with Crippen molar-refractivity contribution in [1.82, 2.24) is 15.5 Å². The van der Waals surface area contributed by atoms with Crippen molar-refractivity contribution in [3.05, 3.63) is 65.8 Å². The number of aryl methyl sites for hydroxylation is 1. The zero-order chi connectivity index (χ0) is 19.2. The number of nitrogens with zero attached hydrogens (tertiary/aromatic N) is 2. The highest BCUT2D eigenvalue weighted by molar-refractivity contribution is 5.95. The Kier molecular flexibility index (Phi) is 5.55. The minimum atomic E-state index is -0.345. The molecule has 27 heavy (non-hydrogen) atoms. The molecule has 0 atom stereocenters. The van der Waals surface area contributed by atoms with Crippen molar-refractivity contribution < 1.29 is 18.5 Å². The van der Waals surface area contributed by atoms with Crippen molar-refractivity contribution in [2.45, 2.75) is 12.8 Å². The Hall–Kier alpha value is -3.55. The number of rotatable bonds is 6. The molecular weight excluding hydrogens is 351 g/mol. The van der Waals surface area contributed by atoms with E-state index in [9.17, 15) is 14.0 Å². The van der Waals surface area contributed by atoms with Crippen LogP contribution in [0.3, 0.4) is 0 Å². The number of benzene rings is 2. The summed E-state index contributed by atoms with van der Waals surface area (Å²) >= 11 is 0. The first kappa shape index (κ1) is 18.2. The first-order valence-corrected chi connectivity index (χ1v) is 8.25. The van der Waals surface area contributed by atoms with Crippen LogP contribution in [0.25, 0.3) is 11.4 Å². The third-order valence-electron chi connectivity index (χ3n) is 3.79. The highest BCUT2D eigenvalue weighted by atomic mass is 19.1. The molecule has 1 heterocycles. The second kappa shape index (κ2) is 8.22. The summed E-state index contributed by atoms with van der Waals surface area (Å²) in [6, 6.07) is 12.3. The summed E-state index contributed by atoms with van der Waals surface area (Å²) in [4.78, 5) is 27.7. The fraction of sp³-hybridized carbons (Fsp3) is 0.158. The second-order valence-corrected chi connectivity index (χ2v) is 5.72. The van der Waals surface area contributed by atoms with E-state index in [-0.39, 0.29) is 30.5 Å². The number of carbonyl (C=O) groups excluding carboxylic acids is 2. The van der Waals surface area contributed by atoms with Gasteiger partial charge < -0.3 is 15.2 Å². The molecule has 0 unspecified atom stereocenters. The molecule has 8 heteroatoms. The van der Waals surface area contributed by atoms with Gasteiger partial charge in [-0.3, -0.25) is 9.59 Å². The molecule has 7 nitrogen and oxygen atoms in total. The molecule has 1 aromatic heterocycles. The zero-order valence-electron chi connectivity index (χ0n) is 14.5. The van der Waals surface area contributed by atoms with E-state index >= 15 is 0 Å². The van der Waals surface area contributed by atoms with E-state index in [2.05, 4.69) is 20.8 Å².